The SMILES string of the molecule is COC(=O)c1occc1CN1CCC(O)(C(F)(F)F)CC1. The van der Waals surface area contributed by atoms with Gasteiger partial charge in [-0.05, 0) is 18.9 Å². The van der Waals surface area contributed by atoms with Crippen LogP contribution in [-0.4, -0.2) is 48.0 Å². The minimum atomic E-state index is -4.62. The van der Waals surface area contributed by atoms with Crippen LogP contribution in [0.5, 0.6) is 0 Å². The number of hydrogen-bond acceptors (Lipinski definition) is 5. The van der Waals surface area contributed by atoms with Gasteiger partial charge in [-0.25, -0.2) is 4.79 Å². The van der Waals surface area contributed by atoms with Crippen molar-refractivity contribution in [1.29, 1.82) is 0 Å². The molecule has 1 aliphatic heterocycles. The molecule has 21 heavy (non-hydrogen) atoms. The predicted molar refractivity (Wildman–Crippen MR) is 65.6 cm³/mol. The molecule has 1 aromatic heterocycles. The van der Waals surface area contributed by atoms with Crippen molar-refractivity contribution in [2.24, 2.45) is 0 Å². The maximum Gasteiger partial charge on any atom is 0.417 e. The van der Waals surface area contributed by atoms with Crippen LogP contribution >= 0.6 is 0 Å². The molecule has 1 N–H and O–H groups in total. The normalized spacial score (nSPS) is 19.5. The summed E-state index contributed by atoms with van der Waals surface area (Å²) in [5.74, 6) is -0.576. The second-order valence-corrected chi connectivity index (χ2v) is 5.07. The number of alkyl halides is 3. The number of ether oxygens (including phenoxy) is 1. The lowest BCUT2D eigenvalue weighted by atomic mass is 9.90. The first-order valence-electron chi connectivity index (χ1n) is 6.43. The molecule has 0 atom stereocenters. The van der Waals surface area contributed by atoms with Crippen LogP contribution in [0.4, 0.5) is 13.2 Å². The summed E-state index contributed by atoms with van der Waals surface area (Å²) in [6.07, 6.45) is -4.06. The third-order valence-electron chi connectivity index (χ3n) is 3.72. The van der Waals surface area contributed by atoms with Crippen molar-refractivity contribution < 1.29 is 32.2 Å². The summed E-state index contributed by atoms with van der Waals surface area (Å²) in [6, 6.07) is 1.58. The van der Waals surface area contributed by atoms with E-state index in [1.165, 1.54) is 13.4 Å². The third kappa shape index (κ3) is 3.21. The number of carbonyl (C=O) groups is 1. The van der Waals surface area contributed by atoms with E-state index in [9.17, 15) is 23.1 Å². The van der Waals surface area contributed by atoms with Gasteiger partial charge in [-0.2, -0.15) is 13.2 Å². The van der Waals surface area contributed by atoms with Crippen molar-refractivity contribution in [3.05, 3.63) is 23.7 Å². The Balaban J connectivity index is 1.99. The zero-order valence-corrected chi connectivity index (χ0v) is 11.4. The van der Waals surface area contributed by atoms with E-state index in [4.69, 9.17) is 4.42 Å². The molecule has 1 aliphatic rings. The number of furan rings is 1. The number of piperidine rings is 1. The van der Waals surface area contributed by atoms with Gasteiger partial charge in [0.15, 0.2) is 5.60 Å². The Morgan fingerprint density at radius 3 is 2.62 bits per heavy atom. The molecule has 0 aromatic carbocycles. The zero-order valence-electron chi connectivity index (χ0n) is 11.4. The molecule has 2 heterocycles. The summed E-state index contributed by atoms with van der Waals surface area (Å²) in [5.41, 5.74) is -2.07. The van der Waals surface area contributed by atoms with E-state index in [0.29, 0.717) is 5.56 Å². The van der Waals surface area contributed by atoms with Crippen molar-refractivity contribution in [3.63, 3.8) is 0 Å². The number of carbonyl (C=O) groups excluding carboxylic acids is 1. The van der Waals surface area contributed by atoms with Gasteiger partial charge in [-0.3, -0.25) is 4.90 Å². The molecule has 0 bridgehead atoms. The fourth-order valence-electron chi connectivity index (χ4n) is 2.34. The lowest BCUT2D eigenvalue weighted by molar-refractivity contribution is -0.272. The van der Waals surface area contributed by atoms with Gasteiger partial charge in [0.25, 0.3) is 0 Å². The Labute approximate surface area is 119 Å². The summed E-state index contributed by atoms with van der Waals surface area (Å²) < 4.78 is 47.7. The number of aliphatic hydroxyl groups is 1. The zero-order chi connectivity index (χ0) is 15.7. The molecule has 0 radical (unpaired) electrons. The molecule has 1 aromatic rings. The molecule has 8 heteroatoms. The van der Waals surface area contributed by atoms with E-state index in [2.05, 4.69) is 4.74 Å². The highest BCUT2D eigenvalue weighted by molar-refractivity contribution is 5.87. The summed E-state index contributed by atoms with van der Waals surface area (Å²) in [5, 5.41) is 9.59. The first kappa shape index (κ1) is 15.8. The van der Waals surface area contributed by atoms with Crippen LogP contribution in [0.2, 0.25) is 0 Å². The van der Waals surface area contributed by atoms with Gasteiger partial charge in [-0.15, -0.1) is 0 Å². The second kappa shape index (κ2) is 5.69. The van der Waals surface area contributed by atoms with Crippen LogP contribution < -0.4 is 0 Å². The van der Waals surface area contributed by atoms with Crippen LogP contribution in [0, 0.1) is 0 Å². The number of rotatable bonds is 3. The molecule has 118 valence electrons. The fourth-order valence-corrected chi connectivity index (χ4v) is 2.34. The largest absolute Gasteiger partial charge is 0.463 e. The average molecular weight is 307 g/mol. The summed E-state index contributed by atoms with van der Waals surface area (Å²) in [7, 11) is 1.22. The van der Waals surface area contributed by atoms with Crippen molar-refractivity contribution >= 4 is 5.97 Å². The number of halogens is 3. The molecule has 1 saturated heterocycles. The van der Waals surface area contributed by atoms with E-state index < -0.39 is 17.7 Å². The van der Waals surface area contributed by atoms with Crippen molar-refractivity contribution in [1.82, 2.24) is 4.90 Å². The minimum absolute atomic E-state index is 0.0501. The van der Waals surface area contributed by atoms with Crippen LogP contribution in [-0.2, 0) is 11.3 Å². The maximum atomic E-state index is 12.7. The number of likely N-dealkylation sites (tertiary alicyclic amines) is 1. The first-order chi connectivity index (χ1) is 9.77. The summed E-state index contributed by atoms with van der Waals surface area (Å²) in [6.45, 7) is 0.443. The first-order valence-corrected chi connectivity index (χ1v) is 6.43. The topological polar surface area (TPSA) is 62.9 Å². The molecular weight excluding hydrogens is 291 g/mol. The van der Waals surface area contributed by atoms with Gasteiger partial charge >= 0.3 is 12.1 Å². The third-order valence-corrected chi connectivity index (χ3v) is 3.72. The van der Waals surface area contributed by atoms with Gasteiger partial charge in [0, 0.05) is 25.2 Å². The molecule has 0 amide bonds. The van der Waals surface area contributed by atoms with Crippen LogP contribution in [0.25, 0.3) is 0 Å². The Hall–Kier alpha value is -1.54. The lowest BCUT2D eigenvalue weighted by Crippen LogP contribution is -2.53. The van der Waals surface area contributed by atoms with Gasteiger partial charge in [0.05, 0.1) is 13.4 Å². The van der Waals surface area contributed by atoms with Crippen molar-refractivity contribution in [3.8, 4) is 0 Å². The molecule has 0 saturated carbocycles. The maximum absolute atomic E-state index is 12.7. The number of methoxy groups -OCH3 is 1. The van der Waals surface area contributed by atoms with Gasteiger partial charge in [-0.1, -0.05) is 0 Å². The molecule has 0 spiro atoms. The Morgan fingerprint density at radius 1 is 1.48 bits per heavy atom. The number of nitrogens with zero attached hydrogens (tertiary/aromatic N) is 1. The quantitative estimate of drug-likeness (QED) is 0.865. The van der Waals surface area contributed by atoms with Crippen LogP contribution in [0.3, 0.4) is 0 Å². The smallest absolute Gasteiger partial charge is 0.417 e. The highest BCUT2D eigenvalue weighted by Crippen LogP contribution is 2.38. The molecular formula is C13H16F3NO4. The van der Waals surface area contributed by atoms with E-state index in [-0.39, 0.29) is 38.2 Å². The molecule has 0 unspecified atom stereocenters. The van der Waals surface area contributed by atoms with E-state index in [1.54, 1.807) is 11.0 Å². The minimum Gasteiger partial charge on any atom is -0.463 e. The standard InChI is InChI=1S/C13H16F3NO4/c1-20-11(18)10-9(2-7-21-10)8-17-5-3-12(19,4-6-17)13(14,15)16/h2,7,19H,3-6,8H2,1H3. The summed E-state index contributed by atoms with van der Waals surface area (Å²) >= 11 is 0. The van der Waals surface area contributed by atoms with Gasteiger partial charge < -0.3 is 14.3 Å². The highest BCUT2D eigenvalue weighted by Gasteiger charge is 2.54. The molecule has 1 fully saturated rings. The molecule has 0 aliphatic carbocycles. The van der Waals surface area contributed by atoms with Gasteiger partial charge in [0.2, 0.25) is 5.76 Å². The van der Waals surface area contributed by atoms with E-state index in [0.717, 1.165) is 0 Å². The lowest BCUT2D eigenvalue weighted by Gasteiger charge is -2.39. The Bertz CT molecular complexity index is 504. The molecule has 5 nitrogen and oxygen atoms in total. The van der Waals surface area contributed by atoms with Crippen molar-refractivity contribution in [2.45, 2.75) is 31.2 Å². The predicted octanol–water partition coefficient (Wildman–Crippen LogP) is 1.96. The van der Waals surface area contributed by atoms with Crippen LogP contribution in [0.1, 0.15) is 29.0 Å². The Kier molecular flexibility index (Phi) is 4.29. The monoisotopic (exact) mass is 307 g/mol. The van der Waals surface area contributed by atoms with Crippen LogP contribution in [0.15, 0.2) is 16.7 Å². The van der Waals surface area contributed by atoms with Gasteiger partial charge in [0.1, 0.15) is 0 Å². The van der Waals surface area contributed by atoms with Crippen molar-refractivity contribution in [2.75, 3.05) is 20.2 Å². The van der Waals surface area contributed by atoms with E-state index >= 15 is 0 Å². The number of esters is 1. The van der Waals surface area contributed by atoms with E-state index in [1.807, 2.05) is 0 Å². The Morgan fingerprint density at radius 2 is 2.10 bits per heavy atom. The fraction of sp³-hybridized carbons (Fsp3) is 0.615. The molecule has 2 rings (SSSR count). The summed E-state index contributed by atoms with van der Waals surface area (Å²) in [4.78, 5) is 13.2. The average Bonchev–Trinajstić information content (AvgIpc) is 2.87. The number of hydrogen-bond donors (Lipinski definition) is 1. The second-order valence-electron chi connectivity index (χ2n) is 5.07. The highest BCUT2D eigenvalue weighted by atomic mass is 19.4.